The van der Waals surface area contributed by atoms with Gasteiger partial charge in [-0.2, -0.15) is 0 Å². The fraction of sp³-hybridized carbons (Fsp3) is 0.706. The first-order valence-electron chi connectivity index (χ1n) is 8.35. The fourth-order valence-corrected chi connectivity index (χ4v) is 5.09. The van der Waals surface area contributed by atoms with Crippen molar-refractivity contribution in [3.63, 3.8) is 0 Å². The fourth-order valence-electron chi connectivity index (χ4n) is 4.15. The van der Waals surface area contributed by atoms with Crippen LogP contribution in [0.2, 0.25) is 0 Å². The second kappa shape index (κ2) is 5.95. The molecule has 4 nitrogen and oxygen atoms in total. The second-order valence-corrected chi connectivity index (χ2v) is 7.96. The Morgan fingerprint density at radius 1 is 1.41 bits per heavy atom. The van der Waals surface area contributed by atoms with Gasteiger partial charge in [-0.25, -0.2) is 0 Å². The smallest absolute Gasteiger partial charge is 0.222 e. The number of carbonyl (C=O) groups excluding carboxylic acids is 1. The lowest BCUT2D eigenvalue weighted by atomic mass is 9.93. The summed E-state index contributed by atoms with van der Waals surface area (Å²) in [5.74, 6) is 1.47. The summed E-state index contributed by atoms with van der Waals surface area (Å²) in [5.41, 5.74) is 1.40. The molecule has 0 unspecified atom stereocenters. The molecule has 3 aliphatic rings. The first-order valence-corrected chi connectivity index (χ1v) is 9.23. The molecular formula is C17H24N2O2S. The standard InChI is InChI=1S/C17H24N2O2S/c1-12-4-6-22-16(12)10-18-8-14-13(11-21-15(14)9-18)7-19-5-2-3-17(19)20/h4,6,13-15H,2-3,5,7-11H2,1H3/t13-,14-,15-/m1/s1. The average Bonchev–Trinajstić information content (AvgIpc) is 3.22. The normalized spacial score (nSPS) is 32.1. The van der Waals surface area contributed by atoms with Crippen LogP contribution in [0.4, 0.5) is 0 Å². The van der Waals surface area contributed by atoms with E-state index in [1.165, 1.54) is 10.4 Å². The van der Waals surface area contributed by atoms with Gasteiger partial charge in [-0.15, -0.1) is 11.3 Å². The van der Waals surface area contributed by atoms with E-state index in [-0.39, 0.29) is 0 Å². The first-order chi connectivity index (χ1) is 10.7. The van der Waals surface area contributed by atoms with E-state index in [0.717, 1.165) is 52.2 Å². The van der Waals surface area contributed by atoms with Gasteiger partial charge < -0.3 is 9.64 Å². The van der Waals surface area contributed by atoms with Gasteiger partial charge in [0.05, 0.1) is 12.7 Å². The lowest BCUT2D eigenvalue weighted by Crippen LogP contribution is -2.35. The molecule has 22 heavy (non-hydrogen) atoms. The Morgan fingerprint density at radius 3 is 3.05 bits per heavy atom. The summed E-state index contributed by atoms with van der Waals surface area (Å²) in [4.78, 5) is 17.9. The monoisotopic (exact) mass is 320 g/mol. The maximum atomic E-state index is 11.8. The number of thiophene rings is 1. The predicted octanol–water partition coefficient (Wildman–Crippen LogP) is 2.13. The number of fused-ring (bicyclic) bond motifs is 1. The number of aryl methyl sites for hydroxylation is 1. The molecule has 0 bridgehead atoms. The number of likely N-dealkylation sites (tertiary alicyclic amines) is 2. The molecule has 0 N–H and O–H groups in total. The molecule has 1 amide bonds. The van der Waals surface area contributed by atoms with Crippen molar-refractivity contribution in [3.05, 3.63) is 21.9 Å². The van der Waals surface area contributed by atoms with E-state index in [1.54, 1.807) is 0 Å². The van der Waals surface area contributed by atoms with E-state index in [2.05, 4.69) is 28.2 Å². The minimum atomic E-state index is 0.340. The number of amides is 1. The number of hydrogen-bond donors (Lipinski definition) is 0. The Labute approximate surface area is 136 Å². The van der Waals surface area contributed by atoms with Gasteiger partial charge in [0.15, 0.2) is 0 Å². The van der Waals surface area contributed by atoms with Crippen molar-refractivity contribution < 1.29 is 9.53 Å². The van der Waals surface area contributed by atoms with Crippen molar-refractivity contribution in [1.29, 1.82) is 0 Å². The topological polar surface area (TPSA) is 32.8 Å². The van der Waals surface area contributed by atoms with Gasteiger partial charge >= 0.3 is 0 Å². The lowest BCUT2D eigenvalue weighted by Gasteiger charge is -2.24. The summed E-state index contributed by atoms with van der Waals surface area (Å²) in [5, 5.41) is 2.18. The molecule has 0 spiro atoms. The van der Waals surface area contributed by atoms with Crippen LogP contribution in [0, 0.1) is 18.8 Å². The highest BCUT2D eigenvalue weighted by atomic mass is 32.1. The summed E-state index contributed by atoms with van der Waals surface area (Å²) in [6.07, 6.45) is 2.15. The van der Waals surface area contributed by atoms with Crippen LogP contribution in [0.3, 0.4) is 0 Å². The second-order valence-electron chi connectivity index (χ2n) is 6.96. The summed E-state index contributed by atoms with van der Waals surface area (Å²) in [6, 6.07) is 2.20. The van der Waals surface area contributed by atoms with Gasteiger partial charge in [0, 0.05) is 55.9 Å². The molecule has 3 fully saturated rings. The minimum Gasteiger partial charge on any atom is -0.376 e. The summed E-state index contributed by atoms with van der Waals surface area (Å²) in [6.45, 7) is 8.11. The largest absolute Gasteiger partial charge is 0.376 e. The van der Waals surface area contributed by atoms with E-state index in [9.17, 15) is 4.79 Å². The van der Waals surface area contributed by atoms with Gasteiger partial charge in [0.25, 0.3) is 0 Å². The van der Waals surface area contributed by atoms with Crippen LogP contribution in [0.5, 0.6) is 0 Å². The van der Waals surface area contributed by atoms with Crippen LogP contribution in [0.15, 0.2) is 11.4 Å². The molecular weight excluding hydrogens is 296 g/mol. The number of nitrogens with zero attached hydrogens (tertiary/aromatic N) is 2. The Bertz CT molecular complexity index is 559. The Kier molecular flexibility index (Phi) is 3.96. The maximum Gasteiger partial charge on any atom is 0.222 e. The molecule has 0 aliphatic carbocycles. The van der Waals surface area contributed by atoms with Crippen LogP contribution < -0.4 is 0 Å². The zero-order valence-corrected chi connectivity index (χ0v) is 14.0. The molecule has 0 radical (unpaired) electrons. The number of hydrogen-bond acceptors (Lipinski definition) is 4. The van der Waals surface area contributed by atoms with Crippen molar-refractivity contribution >= 4 is 17.2 Å². The minimum absolute atomic E-state index is 0.340. The zero-order chi connectivity index (χ0) is 15.1. The molecule has 4 heterocycles. The van der Waals surface area contributed by atoms with Gasteiger partial charge in [0.1, 0.15) is 0 Å². The SMILES string of the molecule is Cc1ccsc1CN1C[C@@H]2[C@H](CN3CCCC3=O)CO[C@@H]2C1. The molecule has 3 saturated heterocycles. The number of carbonyl (C=O) groups is 1. The molecule has 0 aromatic carbocycles. The van der Waals surface area contributed by atoms with Gasteiger partial charge in [0.2, 0.25) is 5.91 Å². The van der Waals surface area contributed by atoms with E-state index in [4.69, 9.17) is 4.74 Å². The molecule has 0 saturated carbocycles. The van der Waals surface area contributed by atoms with Crippen molar-refractivity contribution in [1.82, 2.24) is 9.80 Å². The highest BCUT2D eigenvalue weighted by Crippen LogP contribution is 2.36. The molecule has 3 aliphatic heterocycles. The van der Waals surface area contributed by atoms with Crippen molar-refractivity contribution in [2.24, 2.45) is 11.8 Å². The van der Waals surface area contributed by atoms with Crippen molar-refractivity contribution in [2.75, 3.05) is 32.8 Å². The van der Waals surface area contributed by atoms with E-state index in [0.29, 0.717) is 23.8 Å². The van der Waals surface area contributed by atoms with Crippen molar-refractivity contribution in [2.45, 2.75) is 32.4 Å². The van der Waals surface area contributed by atoms with E-state index in [1.807, 2.05) is 11.3 Å². The third-order valence-corrected chi connectivity index (χ3v) is 6.48. The number of ether oxygens (including phenoxy) is 1. The molecule has 120 valence electrons. The zero-order valence-electron chi connectivity index (χ0n) is 13.2. The highest BCUT2D eigenvalue weighted by molar-refractivity contribution is 7.10. The highest BCUT2D eigenvalue weighted by Gasteiger charge is 2.44. The quantitative estimate of drug-likeness (QED) is 0.852. The van der Waals surface area contributed by atoms with Gasteiger partial charge in [-0.1, -0.05) is 0 Å². The van der Waals surface area contributed by atoms with Crippen LogP contribution in [-0.4, -0.2) is 54.6 Å². The molecule has 1 aromatic heterocycles. The summed E-state index contributed by atoms with van der Waals surface area (Å²) >= 11 is 1.86. The van der Waals surface area contributed by atoms with Crippen LogP contribution in [0.1, 0.15) is 23.3 Å². The Hall–Kier alpha value is -0.910. The molecule has 3 atom stereocenters. The number of rotatable bonds is 4. The third-order valence-electron chi connectivity index (χ3n) is 5.48. The van der Waals surface area contributed by atoms with E-state index >= 15 is 0 Å². The van der Waals surface area contributed by atoms with Crippen LogP contribution in [0.25, 0.3) is 0 Å². The Morgan fingerprint density at radius 2 is 2.32 bits per heavy atom. The third kappa shape index (κ3) is 2.70. The summed E-state index contributed by atoms with van der Waals surface area (Å²) < 4.78 is 6.04. The molecule has 1 aromatic rings. The van der Waals surface area contributed by atoms with Gasteiger partial charge in [-0.3, -0.25) is 9.69 Å². The first kappa shape index (κ1) is 14.7. The van der Waals surface area contributed by atoms with Crippen LogP contribution in [-0.2, 0) is 16.1 Å². The summed E-state index contributed by atoms with van der Waals surface area (Å²) in [7, 11) is 0. The van der Waals surface area contributed by atoms with Gasteiger partial charge in [-0.05, 0) is 30.4 Å². The molecule has 5 heteroatoms. The van der Waals surface area contributed by atoms with Crippen molar-refractivity contribution in [3.8, 4) is 0 Å². The van der Waals surface area contributed by atoms with Crippen LogP contribution >= 0.6 is 11.3 Å². The Balaban J connectivity index is 1.36. The lowest BCUT2D eigenvalue weighted by molar-refractivity contribution is -0.128. The molecule has 4 rings (SSSR count). The predicted molar refractivity (Wildman–Crippen MR) is 86.9 cm³/mol. The maximum absolute atomic E-state index is 11.8. The van der Waals surface area contributed by atoms with E-state index < -0.39 is 0 Å². The average molecular weight is 320 g/mol.